The van der Waals surface area contributed by atoms with Gasteiger partial charge in [-0.05, 0) is 61.1 Å². The number of nitrogens with zero attached hydrogens (tertiary/aromatic N) is 3. The summed E-state index contributed by atoms with van der Waals surface area (Å²) in [6.45, 7) is 2.88. The predicted molar refractivity (Wildman–Crippen MR) is 116 cm³/mol. The summed E-state index contributed by atoms with van der Waals surface area (Å²) in [7, 11) is 1.61. The van der Waals surface area contributed by atoms with E-state index in [1.54, 1.807) is 31.4 Å². The molecule has 0 radical (unpaired) electrons. The number of thiocarbonyl (C=S) groups is 1. The SMILES string of the molecule is COCCN1C(=S)NC(c2cccc(F)c2)C(c2nc(-c3ccc(F)cc3)no2)=C1C. The standard InChI is InChI=1S/C22H20F2N4O2S/c1-13-18(21-26-20(27-30-21)14-6-8-16(23)9-7-14)19(15-4-3-5-17(24)12-15)25-22(31)28(13)10-11-29-2/h3-9,12,19H,10-11H2,1-2H3,(H,25,31). The quantitative estimate of drug-likeness (QED) is 0.571. The van der Waals surface area contributed by atoms with Crippen molar-refractivity contribution in [1.82, 2.24) is 20.4 Å². The molecule has 0 spiro atoms. The molecule has 31 heavy (non-hydrogen) atoms. The first-order valence-corrected chi connectivity index (χ1v) is 10.0. The number of ether oxygens (including phenoxy) is 1. The molecule has 1 N–H and O–H groups in total. The van der Waals surface area contributed by atoms with Crippen LogP contribution in [-0.4, -0.2) is 40.4 Å². The Morgan fingerprint density at radius 1 is 1.16 bits per heavy atom. The lowest BCUT2D eigenvalue weighted by Gasteiger charge is -2.37. The highest BCUT2D eigenvalue weighted by Crippen LogP contribution is 2.37. The van der Waals surface area contributed by atoms with E-state index in [0.29, 0.717) is 40.8 Å². The highest BCUT2D eigenvalue weighted by Gasteiger charge is 2.34. The molecular weight excluding hydrogens is 422 g/mol. The van der Waals surface area contributed by atoms with Gasteiger partial charge >= 0.3 is 0 Å². The lowest BCUT2D eigenvalue weighted by molar-refractivity contribution is 0.183. The largest absolute Gasteiger partial charge is 0.383 e. The monoisotopic (exact) mass is 442 g/mol. The van der Waals surface area contributed by atoms with Crippen molar-refractivity contribution in [3.63, 3.8) is 0 Å². The summed E-state index contributed by atoms with van der Waals surface area (Å²) in [5.74, 6) is -0.120. The first kappa shape index (κ1) is 21.1. The minimum absolute atomic E-state index is 0.267. The van der Waals surface area contributed by atoms with Crippen LogP contribution in [0.15, 0.2) is 58.8 Å². The van der Waals surface area contributed by atoms with Gasteiger partial charge in [-0.15, -0.1) is 0 Å². The van der Waals surface area contributed by atoms with Gasteiger partial charge in [-0.2, -0.15) is 4.98 Å². The smallest absolute Gasteiger partial charge is 0.258 e. The van der Waals surface area contributed by atoms with E-state index in [-0.39, 0.29) is 17.5 Å². The molecule has 1 aliphatic rings. The van der Waals surface area contributed by atoms with Gasteiger partial charge < -0.3 is 19.5 Å². The summed E-state index contributed by atoms with van der Waals surface area (Å²) in [5, 5.41) is 7.80. The molecule has 3 aromatic rings. The zero-order valence-corrected chi connectivity index (χ0v) is 17.7. The van der Waals surface area contributed by atoms with E-state index < -0.39 is 6.04 Å². The van der Waals surface area contributed by atoms with Crippen LogP contribution in [0.25, 0.3) is 17.0 Å². The first-order valence-electron chi connectivity index (χ1n) is 9.61. The van der Waals surface area contributed by atoms with Crippen LogP contribution in [0.3, 0.4) is 0 Å². The maximum absolute atomic E-state index is 14.0. The van der Waals surface area contributed by atoms with Crippen LogP contribution in [0, 0.1) is 11.6 Å². The topological polar surface area (TPSA) is 63.4 Å². The van der Waals surface area contributed by atoms with Crippen molar-refractivity contribution in [1.29, 1.82) is 0 Å². The molecule has 1 aliphatic heterocycles. The second kappa shape index (κ2) is 8.91. The van der Waals surface area contributed by atoms with E-state index in [0.717, 1.165) is 5.70 Å². The average Bonchev–Trinajstić information content (AvgIpc) is 3.23. The Morgan fingerprint density at radius 2 is 1.94 bits per heavy atom. The van der Waals surface area contributed by atoms with E-state index in [9.17, 15) is 8.78 Å². The van der Waals surface area contributed by atoms with Gasteiger partial charge in [0.2, 0.25) is 5.82 Å². The predicted octanol–water partition coefficient (Wildman–Crippen LogP) is 4.32. The number of benzene rings is 2. The van der Waals surface area contributed by atoms with Crippen LogP contribution < -0.4 is 5.32 Å². The van der Waals surface area contributed by atoms with Gasteiger partial charge in [-0.25, -0.2) is 8.78 Å². The summed E-state index contributed by atoms with van der Waals surface area (Å²) in [5.41, 5.74) is 2.76. The van der Waals surface area contributed by atoms with Crippen molar-refractivity contribution >= 4 is 22.9 Å². The Hall–Kier alpha value is -3.17. The number of halogens is 2. The number of rotatable bonds is 6. The maximum Gasteiger partial charge on any atom is 0.258 e. The summed E-state index contributed by atoms with van der Waals surface area (Å²) in [6, 6.07) is 11.6. The summed E-state index contributed by atoms with van der Waals surface area (Å²) >= 11 is 5.55. The van der Waals surface area contributed by atoms with Crippen LogP contribution in [0.4, 0.5) is 8.78 Å². The molecule has 6 nitrogen and oxygen atoms in total. The fourth-order valence-corrected chi connectivity index (χ4v) is 3.84. The Balaban J connectivity index is 1.80. The van der Waals surface area contributed by atoms with Crippen molar-refractivity contribution in [3.8, 4) is 11.4 Å². The van der Waals surface area contributed by atoms with Gasteiger partial charge in [0.25, 0.3) is 5.89 Å². The third-order valence-electron chi connectivity index (χ3n) is 5.06. The lowest BCUT2D eigenvalue weighted by Crippen LogP contribution is -2.47. The number of hydrogen-bond donors (Lipinski definition) is 1. The van der Waals surface area contributed by atoms with Gasteiger partial charge in [-0.1, -0.05) is 17.3 Å². The molecule has 4 rings (SSSR count). The Kier molecular flexibility index (Phi) is 6.06. The van der Waals surface area contributed by atoms with Crippen molar-refractivity contribution in [3.05, 3.63) is 77.3 Å². The van der Waals surface area contributed by atoms with Gasteiger partial charge in [0.05, 0.1) is 18.2 Å². The fourth-order valence-electron chi connectivity index (χ4n) is 3.50. The number of methoxy groups -OCH3 is 1. The van der Waals surface area contributed by atoms with Crippen LogP contribution in [0.5, 0.6) is 0 Å². The maximum atomic E-state index is 14.0. The molecule has 2 aromatic carbocycles. The van der Waals surface area contributed by atoms with Gasteiger partial charge in [0.1, 0.15) is 11.6 Å². The Bertz CT molecular complexity index is 1130. The molecule has 2 heterocycles. The number of allylic oxidation sites excluding steroid dienone is 1. The summed E-state index contributed by atoms with van der Waals surface area (Å²) in [6.07, 6.45) is 0. The number of aromatic nitrogens is 2. The minimum Gasteiger partial charge on any atom is -0.383 e. The molecule has 1 unspecified atom stereocenters. The van der Waals surface area contributed by atoms with Crippen LogP contribution in [-0.2, 0) is 4.74 Å². The molecule has 0 aliphatic carbocycles. The van der Waals surface area contributed by atoms with Crippen molar-refractivity contribution in [2.45, 2.75) is 13.0 Å². The van der Waals surface area contributed by atoms with Gasteiger partial charge in [-0.3, -0.25) is 0 Å². The molecule has 0 bridgehead atoms. The molecule has 0 saturated carbocycles. The normalized spacial score (nSPS) is 16.6. The molecule has 0 saturated heterocycles. The average molecular weight is 442 g/mol. The minimum atomic E-state index is -0.483. The molecule has 0 amide bonds. The van der Waals surface area contributed by atoms with E-state index in [1.165, 1.54) is 24.3 Å². The summed E-state index contributed by atoms with van der Waals surface area (Å²) < 4.78 is 38.0. The van der Waals surface area contributed by atoms with E-state index in [4.69, 9.17) is 21.5 Å². The van der Waals surface area contributed by atoms with Crippen molar-refractivity contribution in [2.24, 2.45) is 0 Å². The molecule has 1 aromatic heterocycles. The third-order valence-corrected chi connectivity index (χ3v) is 5.39. The van der Waals surface area contributed by atoms with Crippen LogP contribution in [0.1, 0.15) is 24.4 Å². The fraction of sp³-hybridized carbons (Fsp3) is 0.227. The van der Waals surface area contributed by atoms with Crippen molar-refractivity contribution < 1.29 is 18.0 Å². The van der Waals surface area contributed by atoms with Gasteiger partial charge in [0, 0.05) is 24.9 Å². The highest BCUT2D eigenvalue weighted by molar-refractivity contribution is 7.80. The van der Waals surface area contributed by atoms with E-state index in [2.05, 4.69) is 15.5 Å². The third kappa shape index (κ3) is 4.33. The van der Waals surface area contributed by atoms with Crippen LogP contribution >= 0.6 is 12.2 Å². The second-order valence-electron chi connectivity index (χ2n) is 7.01. The van der Waals surface area contributed by atoms with E-state index in [1.807, 2.05) is 11.8 Å². The lowest BCUT2D eigenvalue weighted by atomic mass is 9.94. The number of hydrogen-bond acceptors (Lipinski definition) is 5. The zero-order chi connectivity index (χ0) is 22.0. The second-order valence-corrected chi connectivity index (χ2v) is 7.40. The Morgan fingerprint density at radius 3 is 2.65 bits per heavy atom. The van der Waals surface area contributed by atoms with Crippen LogP contribution in [0.2, 0.25) is 0 Å². The molecule has 9 heteroatoms. The molecule has 1 atom stereocenters. The summed E-state index contributed by atoms with van der Waals surface area (Å²) in [4.78, 5) is 6.41. The zero-order valence-electron chi connectivity index (χ0n) is 16.9. The van der Waals surface area contributed by atoms with Gasteiger partial charge in [0.15, 0.2) is 5.11 Å². The Labute approximate surface area is 183 Å². The number of nitrogens with one attached hydrogen (secondary N) is 1. The van der Waals surface area contributed by atoms with Crippen molar-refractivity contribution in [2.75, 3.05) is 20.3 Å². The highest BCUT2D eigenvalue weighted by atomic mass is 32.1. The van der Waals surface area contributed by atoms with E-state index >= 15 is 0 Å². The first-order chi connectivity index (χ1) is 15.0. The molecule has 0 fully saturated rings. The molecule has 160 valence electrons. The molecular formula is C22H20F2N4O2S.